The molecule has 0 radical (unpaired) electrons. The number of hydrogen-bond acceptors (Lipinski definition) is 2. The smallest absolute Gasteiger partial charge is 0.246 e. The lowest BCUT2D eigenvalue weighted by Crippen LogP contribution is -2.34. The van der Waals surface area contributed by atoms with Crippen molar-refractivity contribution in [2.45, 2.75) is 6.42 Å². The van der Waals surface area contributed by atoms with Crippen LogP contribution in [0.5, 0.6) is 0 Å². The molecule has 3 rings (SSSR count). The van der Waals surface area contributed by atoms with Gasteiger partial charge in [-0.1, -0.05) is 30.3 Å². The SMILES string of the molecule is O=C(CNc1ccccc1Br)N1CCc2ccccc21. The maximum Gasteiger partial charge on any atom is 0.246 e. The fraction of sp³-hybridized carbons (Fsp3) is 0.188. The first-order valence-corrected chi connectivity index (χ1v) is 7.41. The van der Waals surface area contributed by atoms with Gasteiger partial charge in [-0.25, -0.2) is 0 Å². The van der Waals surface area contributed by atoms with Crippen molar-refractivity contribution in [1.82, 2.24) is 0 Å². The van der Waals surface area contributed by atoms with E-state index in [9.17, 15) is 4.79 Å². The van der Waals surface area contributed by atoms with Crippen LogP contribution >= 0.6 is 15.9 Å². The van der Waals surface area contributed by atoms with Crippen LogP contribution in [0.15, 0.2) is 53.0 Å². The number of amides is 1. The third-order valence-electron chi connectivity index (χ3n) is 3.49. The van der Waals surface area contributed by atoms with Gasteiger partial charge in [-0.15, -0.1) is 0 Å². The molecule has 1 heterocycles. The summed E-state index contributed by atoms with van der Waals surface area (Å²) >= 11 is 3.47. The minimum Gasteiger partial charge on any atom is -0.375 e. The zero-order chi connectivity index (χ0) is 13.9. The van der Waals surface area contributed by atoms with Crippen LogP contribution in [-0.2, 0) is 11.2 Å². The lowest BCUT2D eigenvalue weighted by Gasteiger charge is -2.18. The van der Waals surface area contributed by atoms with Gasteiger partial charge >= 0.3 is 0 Å². The van der Waals surface area contributed by atoms with Crippen molar-refractivity contribution in [2.24, 2.45) is 0 Å². The second-order valence-electron chi connectivity index (χ2n) is 4.76. The Balaban J connectivity index is 1.68. The number of nitrogens with one attached hydrogen (secondary N) is 1. The molecule has 0 atom stereocenters. The van der Waals surface area contributed by atoms with Crippen molar-refractivity contribution in [3.05, 3.63) is 58.6 Å². The van der Waals surface area contributed by atoms with Gasteiger partial charge in [0.25, 0.3) is 0 Å². The van der Waals surface area contributed by atoms with Gasteiger partial charge in [-0.05, 0) is 46.1 Å². The van der Waals surface area contributed by atoms with Crippen LogP contribution in [0, 0.1) is 0 Å². The monoisotopic (exact) mass is 330 g/mol. The zero-order valence-corrected chi connectivity index (χ0v) is 12.6. The molecule has 0 saturated heterocycles. The lowest BCUT2D eigenvalue weighted by molar-refractivity contribution is -0.116. The number of nitrogens with zero attached hydrogens (tertiary/aromatic N) is 1. The van der Waals surface area contributed by atoms with E-state index in [2.05, 4.69) is 27.3 Å². The highest BCUT2D eigenvalue weighted by Crippen LogP contribution is 2.27. The Morgan fingerprint density at radius 2 is 1.90 bits per heavy atom. The molecule has 102 valence electrons. The summed E-state index contributed by atoms with van der Waals surface area (Å²) < 4.78 is 0.967. The van der Waals surface area contributed by atoms with E-state index in [1.54, 1.807) is 0 Å². The first kappa shape index (κ1) is 13.2. The Bertz CT molecular complexity index is 642. The van der Waals surface area contributed by atoms with Crippen LogP contribution in [0.4, 0.5) is 11.4 Å². The molecule has 1 aliphatic rings. The molecule has 2 aromatic rings. The first-order chi connectivity index (χ1) is 9.75. The maximum atomic E-state index is 12.3. The number of benzene rings is 2. The van der Waals surface area contributed by atoms with E-state index < -0.39 is 0 Å². The fourth-order valence-corrected chi connectivity index (χ4v) is 2.89. The Labute approximate surface area is 126 Å². The highest BCUT2D eigenvalue weighted by molar-refractivity contribution is 9.10. The van der Waals surface area contributed by atoms with Crippen molar-refractivity contribution in [3.63, 3.8) is 0 Å². The molecule has 0 spiro atoms. The maximum absolute atomic E-state index is 12.3. The van der Waals surface area contributed by atoms with Gasteiger partial charge in [0.15, 0.2) is 0 Å². The summed E-state index contributed by atoms with van der Waals surface area (Å²) in [6.07, 6.45) is 0.941. The minimum absolute atomic E-state index is 0.103. The van der Waals surface area contributed by atoms with E-state index >= 15 is 0 Å². The van der Waals surface area contributed by atoms with Gasteiger partial charge in [0.1, 0.15) is 0 Å². The van der Waals surface area contributed by atoms with Crippen LogP contribution in [0.25, 0.3) is 0 Å². The minimum atomic E-state index is 0.103. The predicted octanol–water partition coefficient (Wildman–Crippen LogP) is 3.45. The normalized spacial score (nSPS) is 13.2. The van der Waals surface area contributed by atoms with Crippen molar-refractivity contribution in [2.75, 3.05) is 23.3 Å². The number of anilines is 2. The zero-order valence-electron chi connectivity index (χ0n) is 11.0. The Kier molecular flexibility index (Phi) is 3.74. The summed E-state index contributed by atoms with van der Waals surface area (Å²) in [4.78, 5) is 14.2. The van der Waals surface area contributed by atoms with Gasteiger partial charge in [-0.2, -0.15) is 0 Å². The topological polar surface area (TPSA) is 32.3 Å². The standard InChI is InChI=1S/C16H15BrN2O/c17-13-6-2-3-7-14(13)18-11-16(20)19-10-9-12-5-1-4-8-15(12)19/h1-8,18H,9-11H2. The molecule has 20 heavy (non-hydrogen) atoms. The van der Waals surface area contributed by atoms with E-state index in [0.29, 0.717) is 6.54 Å². The Morgan fingerprint density at radius 1 is 1.15 bits per heavy atom. The number of fused-ring (bicyclic) bond motifs is 1. The van der Waals surface area contributed by atoms with E-state index in [0.717, 1.165) is 28.8 Å². The first-order valence-electron chi connectivity index (χ1n) is 6.62. The molecule has 0 saturated carbocycles. The summed E-state index contributed by atoms with van der Waals surface area (Å²) in [5.41, 5.74) is 3.24. The fourth-order valence-electron chi connectivity index (χ4n) is 2.47. The van der Waals surface area contributed by atoms with Crippen LogP contribution in [-0.4, -0.2) is 19.0 Å². The van der Waals surface area contributed by atoms with E-state index in [-0.39, 0.29) is 5.91 Å². The van der Waals surface area contributed by atoms with Crippen molar-refractivity contribution >= 4 is 33.2 Å². The van der Waals surface area contributed by atoms with Crippen LogP contribution < -0.4 is 10.2 Å². The number of rotatable bonds is 3. The van der Waals surface area contributed by atoms with Crippen LogP contribution in [0.3, 0.4) is 0 Å². The van der Waals surface area contributed by atoms with Crippen LogP contribution in [0.1, 0.15) is 5.56 Å². The summed E-state index contributed by atoms with van der Waals surface area (Å²) in [5.74, 6) is 0.103. The van der Waals surface area contributed by atoms with Crippen molar-refractivity contribution in [1.29, 1.82) is 0 Å². The molecule has 1 amide bonds. The second-order valence-corrected chi connectivity index (χ2v) is 5.61. The molecule has 0 aromatic heterocycles. The molecule has 3 nitrogen and oxygen atoms in total. The summed E-state index contributed by atoms with van der Waals surface area (Å²) in [6, 6.07) is 15.9. The predicted molar refractivity (Wildman–Crippen MR) is 85.1 cm³/mol. The highest BCUT2D eigenvalue weighted by atomic mass is 79.9. The van der Waals surface area contributed by atoms with Crippen LogP contribution in [0.2, 0.25) is 0 Å². The second kappa shape index (κ2) is 5.67. The van der Waals surface area contributed by atoms with Gasteiger partial charge in [0.2, 0.25) is 5.91 Å². The summed E-state index contributed by atoms with van der Waals surface area (Å²) in [5, 5.41) is 3.18. The number of carbonyl (C=O) groups excluding carboxylic acids is 1. The van der Waals surface area contributed by atoms with Crippen molar-refractivity contribution in [3.8, 4) is 0 Å². The van der Waals surface area contributed by atoms with Gasteiger partial charge in [0, 0.05) is 22.4 Å². The van der Waals surface area contributed by atoms with E-state index in [4.69, 9.17) is 0 Å². The quantitative estimate of drug-likeness (QED) is 0.934. The van der Waals surface area contributed by atoms with Crippen molar-refractivity contribution < 1.29 is 4.79 Å². The number of para-hydroxylation sites is 2. The average molecular weight is 331 g/mol. The average Bonchev–Trinajstić information content (AvgIpc) is 2.90. The van der Waals surface area contributed by atoms with Gasteiger partial charge < -0.3 is 10.2 Å². The molecule has 0 bridgehead atoms. The molecule has 0 aliphatic carbocycles. The van der Waals surface area contributed by atoms with Gasteiger partial charge in [0.05, 0.1) is 6.54 Å². The Morgan fingerprint density at radius 3 is 2.75 bits per heavy atom. The number of hydrogen-bond donors (Lipinski definition) is 1. The molecule has 0 fully saturated rings. The molecule has 1 aliphatic heterocycles. The number of carbonyl (C=O) groups is 1. The Hall–Kier alpha value is -1.81. The molecule has 2 aromatic carbocycles. The molecular formula is C16H15BrN2O. The molecule has 0 unspecified atom stereocenters. The molecule has 1 N–H and O–H groups in total. The lowest BCUT2D eigenvalue weighted by atomic mass is 10.2. The number of halogens is 1. The highest BCUT2D eigenvalue weighted by Gasteiger charge is 2.23. The molecular weight excluding hydrogens is 316 g/mol. The summed E-state index contributed by atoms with van der Waals surface area (Å²) in [7, 11) is 0. The third kappa shape index (κ3) is 2.56. The van der Waals surface area contributed by atoms with Gasteiger partial charge in [-0.3, -0.25) is 4.79 Å². The van der Waals surface area contributed by atoms with E-state index in [1.807, 2.05) is 47.4 Å². The van der Waals surface area contributed by atoms with E-state index in [1.165, 1.54) is 5.56 Å². The molecule has 4 heteroatoms. The largest absolute Gasteiger partial charge is 0.375 e. The summed E-state index contributed by atoms with van der Waals surface area (Å²) in [6.45, 7) is 1.08. The third-order valence-corrected chi connectivity index (χ3v) is 4.18.